The molecule has 0 saturated carbocycles. The summed E-state index contributed by atoms with van der Waals surface area (Å²) >= 11 is 0. The number of nitrogens with zero attached hydrogens (tertiary/aromatic N) is 4. The number of likely N-dealkylation sites (tertiary alicyclic amines) is 1. The van der Waals surface area contributed by atoms with Crippen LogP contribution in [0.2, 0.25) is 0 Å². The van der Waals surface area contributed by atoms with E-state index in [1.807, 2.05) is 59.3 Å². The van der Waals surface area contributed by atoms with Crippen LogP contribution in [0.3, 0.4) is 0 Å². The molecule has 3 aromatic rings. The lowest BCUT2D eigenvalue weighted by molar-refractivity contribution is -0.133. The Bertz CT molecular complexity index is 969. The fourth-order valence-corrected chi connectivity index (χ4v) is 3.64. The molecule has 1 aromatic heterocycles. The number of fused-ring (bicyclic) bond motifs is 1. The van der Waals surface area contributed by atoms with Gasteiger partial charge < -0.3 is 10.2 Å². The molecule has 0 radical (unpaired) electrons. The Morgan fingerprint density at radius 1 is 1.11 bits per heavy atom. The van der Waals surface area contributed by atoms with E-state index in [2.05, 4.69) is 15.6 Å². The van der Waals surface area contributed by atoms with Crippen molar-refractivity contribution < 1.29 is 9.59 Å². The van der Waals surface area contributed by atoms with Gasteiger partial charge in [0, 0.05) is 32.0 Å². The highest BCUT2D eigenvalue weighted by molar-refractivity contribution is 5.86. The number of carbonyl (C=O) groups excluding carboxylic acids is 2. The number of carbonyl (C=O) groups is 2. The third kappa shape index (κ3) is 4.03. The minimum atomic E-state index is -0.120. The van der Waals surface area contributed by atoms with Crippen molar-refractivity contribution in [3.8, 4) is 0 Å². The van der Waals surface area contributed by atoms with Crippen molar-refractivity contribution in [3.63, 3.8) is 0 Å². The van der Waals surface area contributed by atoms with E-state index in [0.717, 1.165) is 23.0 Å². The lowest BCUT2D eigenvalue weighted by atomic mass is 9.99. The van der Waals surface area contributed by atoms with Gasteiger partial charge in [-0.25, -0.2) is 4.68 Å². The fraction of sp³-hybridized carbons (Fsp3) is 0.333. The molecule has 1 aliphatic rings. The summed E-state index contributed by atoms with van der Waals surface area (Å²) in [6.07, 6.45) is 1.22. The Labute approximate surface area is 163 Å². The molecule has 0 aliphatic carbocycles. The normalized spacial score (nSPS) is 16.6. The molecule has 28 heavy (non-hydrogen) atoms. The van der Waals surface area contributed by atoms with Gasteiger partial charge in [0.25, 0.3) is 0 Å². The smallest absolute Gasteiger partial charge is 0.239 e. The molecule has 0 spiro atoms. The van der Waals surface area contributed by atoms with Crippen molar-refractivity contribution in [2.24, 2.45) is 0 Å². The van der Waals surface area contributed by atoms with Crippen LogP contribution in [0.15, 0.2) is 54.6 Å². The van der Waals surface area contributed by atoms with Gasteiger partial charge in [-0.2, -0.15) is 0 Å². The van der Waals surface area contributed by atoms with Crippen molar-refractivity contribution in [2.75, 3.05) is 19.6 Å². The van der Waals surface area contributed by atoms with Crippen LogP contribution in [0, 0.1) is 0 Å². The maximum absolute atomic E-state index is 12.2. The number of hydrogen-bond donors (Lipinski definition) is 1. The number of benzene rings is 2. The lowest BCUT2D eigenvalue weighted by Gasteiger charge is -2.16. The molecule has 2 heterocycles. The number of amides is 2. The maximum Gasteiger partial charge on any atom is 0.239 e. The Morgan fingerprint density at radius 2 is 1.89 bits per heavy atom. The van der Waals surface area contributed by atoms with Crippen LogP contribution in [-0.4, -0.2) is 51.3 Å². The summed E-state index contributed by atoms with van der Waals surface area (Å²) in [5.41, 5.74) is 3.01. The third-order valence-corrected chi connectivity index (χ3v) is 5.11. The van der Waals surface area contributed by atoms with Crippen LogP contribution in [0.4, 0.5) is 0 Å². The van der Waals surface area contributed by atoms with Crippen LogP contribution in [-0.2, 0) is 16.1 Å². The molecule has 1 fully saturated rings. The number of aromatic nitrogens is 3. The summed E-state index contributed by atoms with van der Waals surface area (Å²) in [4.78, 5) is 26.1. The van der Waals surface area contributed by atoms with Crippen molar-refractivity contribution in [1.29, 1.82) is 0 Å². The predicted octanol–water partition coefficient (Wildman–Crippen LogP) is 1.95. The molecular formula is C21H23N5O2. The molecule has 1 aliphatic heterocycles. The number of aryl methyl sites for hydroxylation is 1. The number of hydrogen-bond acceptors (Lipinski definition) is 4. The topological polar surface area (TPSA) is 80.1 Å². The maximum atomic E-state index is 12.2. The first-order chi connectivity index (χ1) is 13.7. The summed E-state index contributed by atoms with van der Waals surface area (Å²) in [7, 11) is 0. The highest BCUT2D eigenvalue weighted by Crippen LogP contribution is 2.27. The Balaban J connectivity index is 1.22. The van der Waals surface area contributed by atoms with Crippen molar-refractivity contribution in [3.05, 3.63) is 60.2 Å². The van der Waals surface area contributed by atoms with Crippen LogP contribution < -0.4 is 5.32 Å². The summed E-state index contributed by atoms with van der Waals surface area (Å²) in [5.74, 6) is 0.0886. The van der Waals surface area contributed by atoms with Gasteiger partial charge in [0.2, 0.25) is 11.8 Å². The zero-order chi connectivity index (χ0) is 19.3. The summed E-state index contributed by atoms with van der Waals surface area (Å²) in [6.45, 7) is 1.94. The Hall–Kier alpha value is -3.22. The molecule has 1 N–H and O–H groups in total. The zero-order valence-corrected chi connectivity index (χ0v) is 15.6. The molecule has 144 valence electrons. The Morgan fingerprint density at radius 3 is 2.75 bits per heavy atom. The number of nitrogens with one attached hydrogen (secondary N) is 1. The average molecular weight is 377 g/mol. The highest BCUT2D eigenvalue weighted by atomic mass is 16.2. The number of rotatable bonds is 7. The lowest BCUT2D eigenvalue weighted by Crippen LogP contribution is -2.38. The quantitative estimate of drug-likeness (QED) is 0.638. The van der Waals surface area contributed by atoms with E-state index in [1.54, 1.807) is 4.90 Å². The van der Waals surface area contributed by atoms with Gasteiger partial charge in [-0.15, -0.1) is 5.10 Å². The van der Waals surface area contributed by atoms with Crippen LogP contribution in [0.25, 0.3) is 11.0 Å². The van der Waals surface area contributed by atoms with Crippen molar-refractivity contribution in [2.45, 2.75) is 25.3 Å². The molecule has 7 nitrogen and oxygen atoms in total. The molecule has 2 amide bonds. The van der Waals surface area contributed by atoms with Gasteiger partial charge in [0.15, 0.2) is 0 Å². The molecule has 4 rings (SSSR count). The van der Waals surface area contributed by atoms with Crippen molar-refractivity contribution in [1.82, 2.24) is 25.2 Å². The van der Waals surface area contributed by atoms with Gasteiger partial charge >= 0.3 is 0 Å². The van der Waals surface area contributed by atoms with Gasteiger partial charge in [0.1, 0.15) is 5.52 Å². The van der Waals surface area contributed by atoms with Gasteiger partial charge in [-0.3, -0.25) is 9.59 Å². The second-order valence-corrected chi connectivity index (χ2v) is 7.09. The minimum Gasteiger partial charge on any atom is -0.354 e. The summed E-state index contributed by atoms with van der Waals surface area (Å²) in [5, 5.41) is 11.2. The highest BCUT2D eigenvalue weighted by Gasteiger charge is 2.31. The molecule has 1 atom stereocenters. The molecule has 0 bridgehead atoms. The second-order valence-electron chi connectivity index (χ2n) is 7.09. The van der Waals surface area contributed by atoms with E-state index in [9.17, 15) is 9.59 Å². The molecule has 7 heteroatoms. The summed E-state index contributed by atoms with van der Waals surface area (Å²) < 4.78 is 1.84. The van der Waals surface area contributed by atoms with E-state index in [0.29, 0.717) is 26.1 Å². The second kappa shape index (κ2) is 8.21. The van der Waals surface area contributed by atoms with Crippen LogP contribution in [0.5, 0.6) is 0 Å². The zero-order valence-electron chi connectivity index (χ0n) is 15.6. The van der Waals surface area contributed by atoms with Gasteiger partial charge in [-0.1, -0.05) is 47.7 Å². The average Bonchev–Trinajstić information content (AvgIpc) is 3.30. The first-order valence-corrected chi connectivity index (χ1v) is 9.58. The van der Waals surface area contributed by atoms with Crippen LogP contribution in [0.1, 0.15) is 24.3 Å². The van der Waals surface area contributed by atoms with E-state index < -0.39 is 0 Å². The monoisotopic (exact) mass is 377 g/mol. The van der Waals surface area contributed by atoms with Crippen molar-refractivity contribution >= 4 is 22.8 Å². The van der Waals surface area contributed by atoms with Crippen LogP contribution >= 0.6 is 0 Å². The minimum absolute atomic E-state index is 0.0399. The van der Waals surface area contributed by atoms with E-state index >= 15 is 0 Å². The molecular weight excluding hydrogens is 354 g/mol. The molecule has 2 aromatic carbocycles. The third-order valence-electron chi connectivity index (χ3n) is 5.11. The van der Waals surface area contributed by atoms with Gasteiger partial charge in [0.05, 0.1) is 12.1 Å². The number of para-hydroxylation sites is 1. The molecule has 1 saturated heterocycles. The fourth-order valence-electron chi connectivity index (χ4n) is 3.64. The van der Waals surface area contributed by atoms with E-state index in [1.165, 1.54) is 0 Å². The SMILES string of the molecule is O=C(CN1C[C@H](c2ccccc2)CC1=O)NCCCn1nnc2ccccc21. The van der Waals surface area contributed by atoms with E-state index in [-0.39, 0.29) is 24.3 Å². The summed E-state index contributed by atoms with van der Waals surface area (Å²) in [6, 6.07) is 17.8. The first kappa shape index (κ1) is 18.2. The first-order valence-electron chi connectivity index (χ1n) is 9.58. The van der Waals surface area contributed by atoms with Gasteiger partial charge in [-0.05, 0) is 24.1 Å². The molecule has 0 unspecified atom stereocenters. The van der Waals surface area contributed by atoms with E-state index in [4.69, 9.17) is 0 Å². The largest absolute Gasteiger partial charge is 0.354 e. The predicted molar refractivity (Wildman–Crippen MR) is 106 cm³/mol. The standard InChI is InChI=1S/C21H23N5O2/c27-20(15-25-14-17(13-21(25)28)16-7-2-1-3-8-16)22-11-6-12-26-19-10-5-4-9-18(19)23-24-26/h1-5,7-10,17H,6,11-15H2,(H,22,27)/t17-/m1/s1. The Kier molecular flexibility index (Phi) is 5.32.